The standard InChI is InChI=1S/C16H16N6S/c1-2-7-18-14(5-1)21-16-20-12(10-23-16)13-4-3-9-22(13)15-6-8-17-11-19-15/h1-2,5-8,10-11,13H,3-4,9H2,(H,18,20,21)/t13-/m0/s1. The smallest absolute Gasteiger partial charge is 0.188 e. The van der Waals surface area contributed by atoms with Crippen molar-refractivity contribution >= 4 is 28.1 Å². The lowest BCUT2D eigenvalue weighted by Crippen LogP contribution is -2.23. The van der Waals surface area contributed by atoms with Gasteiger partial charge in [0.15, 0.2) is 5.13 Å². The van der Waals surface area contributed by atoms with E-state index in [-0.39, 0.29) is 6.04 Å². The predicted molar refractivity (Wildman–Crippen MR) is 91.0 cm³/mol. The van der Waals surface area contributed by atoms with E-state index in [4.69, 9.17) is 4.98 Å². The first-order chi connectivity index (χ1) is 11.4. The molecule has 7 heteroatoms. The van der Waals surface area contributed by atoms with Gasteiger partial charge < -0.3 is 10.2 Å². The van der Waals surface area contributed by atoms with E-state index in [1.807, 2.05) is 24.3 Å². The Morgan fingerprint density at radius 1 is 1.17 bits per heavy atom. The first kappa shape index (κ1) is 14.1. The topological polar surface area (TPSA) is 66.8 Å². The first-order valence-electron chi connectivity index (χ1n) is 7.56. The summed E-state index contributed by atoms with van der Waals surface area (Å²) in [5.74, 6) is 1.78. The van der Waals surface area contributed by atoms with Crippen LogP contribution in [0.4, 0.5) is 16.8 Å². The summed E-state index contributed by atoms with van der Waals surface area (Å²) in [7, 11) is 0. The predicted octanol–water partition coefficient (Wildman–Crippen LogP) is 3.41. The van der Waals surface area contributed by atoms with E-state index in [1.54, 1.807) is 30.1 Å². The Morgan fingerprint density at radius 2 is 2.17 bits per heavy atom. The minimum absolute atomic E-state index is 0.278. The Bertz CT molecular complexity index is 761. The third-order valence-corrected chi connectivity index (χ3v) is 4.65. The number of pyridine rings is 1. The van der Waals surface area contributed by atoms with Crippen LogP contribution >= 0.6 is 11.3 Å². The van der Waals surface area contributed by atoms with Gasteiger partial charge in [0.2, 0.25) is 0 Å². The molecule has 1 atom stereocenters. The zero-order chi connectivity index (χ0) is 15.5. The number of nitrogens with one attached hydrogen (secondary N) is 1. The number of rotatable bonds is 4. The molecule has 23 heavy (non-hydrogen) atoms. The van der Waals surface area contributed by atoms with Gasteiger partial charge in [-0.05, 0) is 31.0 Å². The van der Waals surface area contributed by atoms with Gasteiger partial charge in [0.25, 0.3) is 0 Å². The molecule has 1 aliphatic heterocycles. The zero-order valence-corrected chi connectivity index (χ0v) is 13.3. The van der Waals surface area contributed by atoms with Crippen molar-refractivity contribution in [3.05, 3.63) is 54.1 Å². The normalized spacial score (nSPS) is 17.4. The second-order valence-corrected chi connectivity index (χ2v) is 6.19. The SMILES string of the molecule is c1ccc(Nc2nc([C@@H]3CCCN3c3ccncn3)cs2)nc1. The molecule has 4 heterocycles. The van der Waals surface area contributed by atoms with Crippen molar-refractivity contribution in [3.63, 3.8) is 0 Å². The highest BCUT2D eigenvalue weighted by molar-refractivity contribution is 7.13. The maximum absolute atomic E-state index is 4.75. The summed E-state index contributed by atoms with van der Waals surface area (Å²) >= 11 is 1.61. The Kier molecular flexibility index (Phi) is 3.85. The third kappa shape index (κ3) is 3.00. The van der Waals surface area contributed by atoms with Crippen LogP contribution in [0.15, 0.2) is 48.4 Å². The van der Waals surface area contributed by atoms with Crippen molar-refractivity contribution in [1.29, 1.82) is 0 Å². The van der Waals surface area contributed by atoms with Crippen molar-refractivity contribution in [2.45, 2.75) is 18.9 Å². The van der Waals surface area contributed by atoms with Crippen LogP contribution in [-0.4, -0.2) is 26.5 Å². The van der Waals surface area contributed by atoms with Crippen LogP contribution in [0.25, 0.3) is 0 Å². The fourth-order valence-electron chi connectivity index (χ4n) is 2.84. The Morgan fingerprint density at radius 3 is 3.00 bits per heavy atom. The Balaban J connectivity index is 1.54. The molecule has 0 unspecified atom stereocenters. The van der Waals surface area contributed by atoms with Crippen LogP contribution < -0.4 is 10.2 Å². The van der Waals surface area contributed by atoms with E-state index < -0.39 is 0 Å². The molecule has 0 aromatic carbocycles. The van der Waals surface area contributed by atoms with Gasteiger partial charge in [0, 0.05) is 24.3 Å². The molecule has 0 bridgehead atoms. The van der Waals surface area contributed by atoms with Crippen LogP contribution in [0.3, 0.4) is 0 Å². The third-order valence-electron chi connectivity index (χ3n) is 3.88. The Labute approximate surface area is 138 Å². The van der Waals surface area contributed by atoms with Gasteiger partial charge in [-0.2, -0.15) is 0 Å². The molecule has 3 aromatic rings. The lowest BCUT2D eigenvalue weighted by Gasteiger charge is -2.24. The van der Waals surface area contributed by atoms with E-state index in [1.165, 1.54) is 0 Å². The van der Waals surface area contributed by atoms with Gasteiger partial charge in [-0.3, -0.25) is 0 Å². The van der Waals surface area contributed by atoms with Crippen molar-refractivity contribution in [2.24, 2.45) is 0 Å². The van der Waals surface area contributed by atoms with E-state index in [0.29, 0.717) is 0 Å². The summed E-state index contributed by atoms with van der Waals surface area (Å²) in [6.07, 6.45) is 7.39. The fraction of sp³-hybridized carbons (Fsp3) is 0.250. The maximum Gasteiger partial charge on any atom is 0.188 e. The number of thiazole rings is 1. The molecule has 6 nitrogen and oxygen atoms in total. The largest absolute Gasteiger partial charge is 0.348 e. The lowest BCUT2D eigenvalue weighted by atomic mass is 10.2. The average molecular weight is 324 g/mol. The quantitative estimate of drug-likeness (QED) is 0.793. The van der Waals surface area contributed by atoms with E-state index >= 15 is 0 Å². The molecular weight excluding hydrogens is 308 g/mol. The van der Waals surface area contributed by atoms with Crippen LogP contribution in [0, 0.1) is 0 Å². The minimum atomic E-state index is 0.278. The number of aromatic nitrogens is 4. The summed E-state index contributed by atoms with van der Waals surface area (Å²) in [6, 6.07) is 8.02. The number of nitrogens with zero attached hydrogens (tertiary/aromatic N) is 5. The summed E-state index contributed by atoms with van der Waals surface area (Å²) < 4.78 is 0. The average Bonchev–Trinajstić information content (AvgIpc) is 3.25. The highest BCUT2D eigenvalue weighted by Crippen LogP contribution is 2.36. The van der Waals surface area contributed by atoms with Crippen molar-refractivity contribution in [2.75, 3.05) is 16.8 Å². The summed E-state index contributed by atoms with van der Waals surface area (Å²) in [6.45, 7) is 1.00. The molecule has 1 aliphatic rings. The molecule has 0 radical (unpaired) electrons. The lowest BCUT2D eigenvalue weighted by molar-refractivity contribution is 0.692. The van der Waals surface area contributed by atoms with E-state index in [2.05, 4.69) is 30.5 Å². The maximum atomic E-state index is 4.75. The van der Waals surface area contributed by atoms with Gasteiger partial charge in [0.05, 0.1) is 11.7 Å². The molecule has 0 saturated carbocycles. The van der Waals surface area contributed by atoms with E-state index in [0.717, 1.165) is 41.8 Å². The van der Waals surface area contributed by atoms with Crippen molar-refractivity contribution in [1.82, 2.24) is 19.9 Å². The first-order valence-corrected chi connectivity index (χ1v) is 8.44. The second kappa shape index (κ2) is 6.29. The molecule has 0 amide bonds. The molecule has 4 rings (SSSR count). The van der Waals surface area contributed by atoms with Gasteiger partial charge in [-0.15, -0.1) is 11.3 Å². The molecule has 1 fully saturated rings. The number of hydrogen-bond acceptors (Lipinski definition) is 7. The summed E-state index contributed by atoms with van der Waals surface area (Å²) in [4.78, 5) is 19.7. The monoisotopic (exact) mass is 324 g/mol. The van der Waals surface area contributed by atoms with Gasteiger partial charge in [0.1, 0.15) is 18.0 Å². The van der Waals surface area contributed by atoms with Gasteiger partial charge in [-0.25, -0.2) is 19.9 Å². The highest BCUT2D eigenvalue weighted by atomic mass is 32.1. The molecule has 0 aliphatic carbocycles. The van der Waals surface area contributed by atoms with Gasteiger partial charge >= 0.3 is 0 Å². The van der Waals surface area contributed by atoms with Crippen LogP contribution in [0.2, 0.25) is 0 Å². The number of hydrogen-bond donors (Lipinski definition) is 1. The molecule has 3 aromatic heterocycles. The van der Waals surface area contributed by atoms with Crippen molar-refractivity contribution in [3.8, 4) is 0 Å². The Hall–Kier alpha value is -2.54. The van der Waals surface area contributed by atoms with Crippen LogP contribution in [0.1, 0.15) is 24.6 Å². The highest BCUT2D eigenvalue weighted by Gasteiger charge is 2.29. The molecule has 0 spiro atoms. The minimum Gasteiger partial charge on any atom is -0.348 e. The van der Waals surface area contributed by atoms with Gasteiger partial charge in [-0.1, -0.05) is 6.07 Å². The van der Waals surface area contributed by atoms with E-state index in [9.17, 15) is 0 Å². The summed E-state index contributed by atoms with van der Waals surface area (Å²) in [5, 5.41) is 6.24. The number of anilines is 3. The molecule has 1 N–H and O–H groups in total. The molecule has 1 saturated heterocycles. The second-order valence-electron chi connectivity index (χ2n) is 5.34. The van der Waals surface area contributed by atoms with Crippen molar-refractivity contribution < 1.29 is 0 Å². The van der Waals surface area contributed by atoms with Crippen LogP contribution in [-0.2, 0) is 0 Å². The van der Waals surface area contributed by atoms with Crippen LogP contribution in [0.5, 0.6) is 0 Å². The fourth-order valence-corrected chi connectivity index (χ4v) is 3.61. The zero-order valence-electron chi connectivity index (χ0n) is 12.5. The summed E-state index contributed by atoms with van der Waals surface area (Å²) in [5.41, 5.74) is 1.09. The molecular formula is C16H16N6S. The molecule has 116 valence electrons.